The van der Waals surface area contributed by atoms with Crippen LogP contribution in [0.5, 0.6) is 5.75 Å². The highest BCUT2D eigenvalue weighted by atomic mass is 32.2. The molecule has 0 spiro atoms. The first-order valence-corrected chi connectivity index (χ1v) is 14.7. The lowest BCUT2D eigenvalue weighted by molar-refractivity contribution is -0.133. The third-order valence-corrected chi connectivity index (χ3v) is 11.0. The first-order valence-electron chi connectivity index (χ1n) is 13.3. The molecule has 3 aliphatic rings. The molecule has 9 nitrogen and oxygen atoms in total. The molecule has 0 atom stereocenters. The van der Waals surface area contributed by atoms with E-state index in [4.69, 9.17) is 4.74 Å². The number of nitrogens with one attached hydrogen (secondary N) is 1. The van der Waals surface area contributed by atoms with E-state index < -0.39 is 20.5 Å². The van der Waals surface area contributed by atoms with Crippen LogP contribution >= 0.6 is 0 Å². The summed E-state index contributed by atoms with van der Waals surface area (Å²) < 4.78 is 31.0. The van der Waals surface area contributed by atoms with Crippen molar-refractivity contribution in [3.63, 3.8) is 0 Å². The van der Waals surface area contributed by atoms with Gasteiger partial charge in [-0.15, -0.1) is 0 Å². The van der Waals surface area contributed by atoms with E-state index in [1.165, 1.54) is 0 Å². The first kappa shape index (κ1) is 26.6. The number of hydrogen-bond donors (Lipinski definition) is 2. The summed E-state index contributed by atoms with van der Waals surface area (Å²) in [5.74, 6) is -0.0688. The maximum absolute atomic E-state index is 13.7. The third-order valence-electron chi connectivity index (χ3n) is 8.45. The number of rotatable bonds is 8. The van der Waals surface area contributed by atoms with Gasteiger partial charge < -0.3 is 14.5 Å². The quantitative estimate of drug-likeness (QED) is 0.298. The molecule has 0 bridgehead atoms. The summed E-state index contributed by atoms with van der Waals surface area (Å²) >= 11 is 0. The van der Waals surface area contributed by atoms with Crippen molar-refractivity contribution in [2.24, 2.45) is 5.92 Å². The molecule has 2 saturated heterocycles. The van der Waals surface area contributed by atoms with Crippen LogP contribution in [-0.2, 0) is 14.6 Å². The molecule has 0 radical (unpaired) electrons. The van der Waals surface area contributed by atoms with E-state index in [-0.39, 0.29) is 29.4 Å². The second kappa shape index (κ2) is 10.7. The summed E-state index contributed by atoms with van der Waals surface area (Å²) in [5, 5.41) is 9.41. The summed E-state index contributed by atoms with van der Waals surface area (Å²) in [6.45, 7) is 2.40. The monoisotopic (exact) mass is 541 g/mol. The van der Waals surface area contributed by atoms with Gasteiger partial charge in [0.1, 0.15) is 5.75 Å². The van der Waals surface area contributed by atoms with Gasteiger partial charge in [0.25, 0.3) is 5.91 Å². The second-order valence-electron chi connectivity index (χ2n) is 10.6. The highest BCUT2D eigenvalue weighted by molar-refractivity contribution is 7.93. The Kier molecular flexibility index (Phi) is 7.48. The number of likely N-dealkylation sites (tertiary alicyclic amines) is 1. The molecule has 1 amide bonds. The molecule has 0 aromatic heterocycles. The normalized spacial score (nSPS) is 20.6. The van der Waals surface area contributed by atoms with Gasteiger partial charge in [0.15, 0.2) is 20.4 Å². The van der Waals surface area contributed by atoms with E-state index in [0.717, 1.165) is 18.5 Å². The number of methoxy groups -OCH3 is 1. The minimum absolute atomic E-state index is 0.0577. The summed E-state index contributed by atoms with van der Waals surface area (Å²) in [4.78, 5) is 30.1. The number of hydrogen-bond acceptors (Lipinski definition) is 8. The number of carbonyl (C=O) groups is 2. The van der Waals surface area contributed by atoms with E-state index in [1.807, 2.05) is 0 Å². The Labute approximate surface area is 223 Å². The van der Waals surface area contributed by atoms with Crippen LogP contribution in [-0.4, -0.2) is 74.3 Å². The highest BCUT2D eigenvalue weighted by Crippen LogP contribution is 2.39. The average Bonchev–Trinajstić information content (AvgIpc) is 3.82. The fraction of sp³-hybridized carbons (Fsp3) is 0.500. The molecule has 5 rings (SSSR count). The SMILES string of the molecule is COc1ccc(C(=O)C2CCN(c3ccc(S(=O)(=O)C4(C(=O)NO)CCN(C5CC5)CC4)cc3)CC2)cc1. The van der Waals surface area contributed by atoms with E-state index in [1.54, 1.807) is 61.1 Å². The van der Waals surface area contributed by atoms with E-state index >= 15 is 0 Å². The molecule has 1 saturated carbocycles. The van der Waals surface area contributed by atoms with Crippen molar-refractivity contribution in [1.29, 1.82) is 0 Å². The molecule has 38 heavy (non-hydrogen) atoms. The van der Waals surface area contributed by atoms with Crippen LogP contribution < -0.4 is 15.1 Å². The summed E-state index contributed by atoms with van der Waals surface area (Å²) in [5.41, 5.74) is 3.19. The molecule has 2 aromatic rings. The number of amides is 1. The minimum Gasteiger partial charge on any atom is -0.497 e. The Morgan fingerprint density at radius 2 is 1.53 bits per heavy atom. The summed E-state index contributed by atoms with van der Waals surface area (Å²) in [6.07, 6.45) is 3.94. The van der Waals surface area contributed by atoms with Gasteiger partial charge in [-0.05, 0) is 87.1 Å². The fourth-order valence-electron chi connectivity index (χ4n) is 5.86. The van der Waals surface area contributed by atoms with Gasteiger partial charge in [-0.3, -0.25) is 14.8 Å². The maximum Gasteiger partial charge on any atom is 0.265 e. The molecule has 3 fully saturated rings. The number of nitrogens with zero attached hydrogens (tertiary/aromatic N) is 2. The van der Waals surface area contributed by atoms with Gasteiger partial charge in [-0.2, -0.15) is 0 Å². The van der Waals surface area contributed by atoms with Gasteiger partial charge in [0.05, 0.1) is 12.0 Å². The molecule has 2 aliphatic heterocycles. The Morgan fingerprint density at radius 1 is 0.921 bits per heavy atom. The average molecular weight is 542 g/mol. The van der Waals surface area contributed by atoms with E-state index in [9.17, 15) is 23.2 Å². The molecular formula is C28H35N3O6S. The molecule has 204 valence electrons. The molecule has 2 N–H and O–H groups in total. The zero-order valence-corrected chi connectivity index (χ0v) is 22.5. The zero-order chi connectivity index (χ0) is 26.9. The van der Waals surface area contributed by atoms with Crippen LogP contribution in [0.4, 0.5) is 5.69 Å². The highest BCUT2D eigenvalue weighted by Gasteiger charge is 2.54. The van der Waals surface area contributed by atoms with Crippen molar-refractivity contribution >= 4 is 27.2 Å². The number of sulfone groups is 1. The molecule has 2 aromatic carbocycles. The standard InChI is InChI=1S/C28H35N3O6S/c1-37-24-8-2-20(3-9-24)26(32)21-12-16-30(17-13-21)23-6-10-25(11-7-23)38(35,36)28(27(33)29-34)14-18-31(19-15-28)22-4-5-22/h2-3,6-11,21-22,34H,4-5,12-19H2,1H3,(H,29,33). The minimum atomic E-state index is -4.04. The lowest BCUT2D eigenvalue weighted by Crippen LogP contribution is -2.58. The van der Waals surface area contributed by atoms with Crippen molar-refractivity contribution in [3.05, 3.63) is 54.1 Å². The molecule has 0 unspecified atom stereocenters. The van der Waals surface area contributed by atoms with Crippen LogP contribution in [0.15, 0.2) is 53.4 Å². The van der Waals surface area contributed by atoms with Crippen LogP contribution in [0.25, 0.3) is 0 Å². The zero-order valence-electron chi connectivity index (χ0n) is 21.6. The third kappa shape index (κ3) is 4.92. The number of Topliss-reactive ketones (excluding diaryl/α,β-unsaturated/α-hetero) is 1. The summed E-state index contributed by atoms with van der Waals surface area (Å²) in [7, 11) is -2.44. The Hall–Kier alpha value is -2.95. The topological polar surface area (TPSA) is 116 Å². The van der Waals surface area contributed by atoms with Crippen LogP contribution in [0, 0.1) is 5.92 Å². The molecule has 2 heterocycles. The number of ketones is 1. The number of hydroxylamine groups is 1. The number of benzene rings is 2. The number of ether oxygens (including phenoxy) is 1. The van der Waals surface area contributed by atoms with Crippen LogP contribution in [0.3, 0.4) is 0 Å². The number of piperidine rings is 2. The predicted molar refractivity (Wildman–Crippen MR) is 142 cm³/mol. The van der Waals surface area contributed by atoms with Crippen LogP contribution in [0.2, 0.25) is 0 Å². The molecule has 1 aliphatic carbocycles. The Morgan fingerprint density at radius 3 is 2.05 bits per heavy atom. The van der Waals surface area contributed by atoms with E-state index in [2.05, 4.69) is 9.80 Å². The number of anilines is 1. The molecular weight excluding hydrogens is 506 g/mol. The van der Waals surface area contributed by atoms with E-state index in [0.29, 0.717) is 56.4 Å². The van der Waals surface area contributed by atoms with Gasteiger partial charge in [-0.1, -0.05) is 0 Å². The maximum atomic E-state index is 13.7. The van der Waals surface area contributed by atoms with Crippen molar-refractivity contribution < 1.29 is 28.0 Å². The number of carbonyl (C=O) groups excluding carboxylic acids is 2. The lowest BCUT2D eigenvalue weighted by Gasteiger charge is -2.39. The van der Waals surface area contributed by atoms with Gasteiger partial charge in [0, 0.05) is 49.4 Å². The van der Waals surface area contributed by atoms with Crippen molar-refractivity contribution in [2.75, 3.05) is 38.2 Å². The smallest absolute Gasteiger partial charge is 0.265 e. The fourth-order valence-corrected chi connectivity index (χ4v) is 7.82. The Balaban J connectivity index is 1.25. The van der Waals surface area contributed by atoms with Gasteiger partial charge >= 0.3 is 0 Å². The van der Waals surface area contributed by atoms with Crippen molar-refractivity contribution in [1.82, 2.24) is 10.4 Å². The molecule has 10 heteroatoms. The van der Waals surface area contributed by atoms with Crippen LogP contribution in [0.1, 0.15) is 48.9 Å². The van der Waals surface area contributed by atoms with Gasteiger partial charge in [-0.25, -0.2) is 13.9 Å². The Bertz CT molecular complexity index is 1260. The van der Waals surface area contributed by atoms with Crippen molar-refractivity contribution in [3.8, 4) is 5.75 Å². The second-order valence-corrected chi connectivity index (χ2v) is 12.8. The lowest BCUT2D eigenvalue weighted by atomic mass is 9.88. The first-order chi connectivity index (χ1) is 18.3. The largest absolute Gasteiger partial charge is 0.497 e. The predicted octanol–water partition coefficient (Wildman–Crippen LogP) is 3.07. The summed E-state index contributed by atoms with van der Waals surface area (Å²) in [6, 6.07) is 14.3. The van der Waals surface area contributed by atoms with Crippen molar-refractivity contribution in [2.45, 2.75) is 54.2 Å². The van der Waals surface area contributed by atoms with Gasteiger partial charge in [0.2, 0.25) is 0 Å².